The zero-order valence-corrected chi connectivity index (χ0v) is 12.8. The topological polar surface area (TPSA) is 49.3 Å². The number of aliphatic carboxylic acids is 1. The molecule has 0 radical (unpaired) electrons. The van der Waals surface area contributed by atoms with Crippen LogP contribution in [0.1, 0.15) is 38.3 Å². The Balaban J connectivity index is 2.68. The fourth-order valence-electron chi connectivity index (χ4n) is 2.59. The van der Waals surface area contributed by atoms with Crippen LogP contribution in [-0.2, 0) is 4.79 Å². The minimum Gasteiger partial charge on any atom is -0.478 e. The van der Waals surface area contributed by atoms with Crippen molar-refractivity contribution in [1.82, 2.24) is 5.32 Å². The van der Waals surface area contributed by atoms with Crippen molar-refractivity contribution in [3.05, 3.63) is 41.0 Å². The second-order valence-corrected chi connectivity index (χ2v) is 5.63. The summed E-state index contributed by atoms with van der Waals surface area (Å²) in [6.45, 7) is 5.88. The van der Waals surface area contributed by atoms with Gasteiger partial charge in [-0.15, -0.1) is 0 Å². The number of carboxylic acid groups (broad SMARTS) is 1. The smallest absolute Gasteiger partial charge is 0.331 e. The average molecular weight is 289 g/mol. The summed E-state index contributed by atoms with van der Waals surface area (Å²) in [4.78, 5) is 12.1. The van der Waals surface area contributed by atoms with Gasteiger partial charge in [-0.2, -0.15) is 0 Å². The van der Waals surface area contributed by atoms with E-state index in [4.69, 9.17) is 12.2 Å². The number of carboxylic acids is 1. The lowest BCUT2D eigenvalue weighted by Crippen LogP contribution is -2.44. The molecule has 0 saturated carbocycles. The third-order valence-electron chi connectivity index (χ3n) is 4.00. The lowest BCUT2D eigenvalue weighted by molar-refractivity contribution is -0.132. The zero-order valence-electron chi connectivity index (χ0n) is 11.9. The Hall–Kier alpha value is -1.68. The minimum atomic E-state index is -0.877. The van der Waals surface area contributed by atoms with E-state index in [1.165, 1.54) is 0 Å². The van der Waals surface area contributed by atoms with Crippen molar-refractivity contribution < 1.29 is 9.90 Å². The highest BCUT2D eigenvalue weighted by Gasteiger charge is 2.32. The van der Waals surface area contributed by atoms with Gasteiger partial charge in [0.15, 0.2) is 0 Å². The Morgan fingerprint density at radius 3 is 2.55 bits per heavy atom. The van der Waals surface area contributed by atoms with Crippen LogP contribution in [0.25, 0.3) is 5.57 Å². The molecular formula is C16H19NO2S. The maximum atomic E-state index is 11.4. The molecule has 106 valence electrons. The number of nitrogens with one attached hydrogen (secondary N) is 1. The van der Waals surface area contributed by atoms with Crippen LogP contribution in [0.5, 0.6) is 0 Å². The monoisotopic (exact) mass is 289 g/mol. The van der Waals surface area contributed by atoms with Gasteiger partial charge in [0, 0.05) is 11.1 Å². The van der Waals surface area contributed by atoms with Crippen LogP contribution in [0.3, 0.4) is 0 Å². The average Bonchev–Trinajstić information content (AvgIpc) is 2.45. The van der Waals surface area contributed by atoms with E-state index in [1.807, 2.05) is 24.3 Å². The molecule has 2 rings (SSSR count). The van der Waals surface area contributed by atoms with E-state index in [9.17, 15) is 9.90 Å². The van der Waals surface area contributed by atoms with Crippen molar-refractivity contribution in [2.24, 2.45) is 5.92 Å². The molecule has 0 amide bonds. The summed E-state index contributed by atoms with van der Waals surface area (Å²) in [5, 5.41) is 12.7. The third kappa shape index (κ3) is 2.48. The highest BCUT2D eigenvalue weighted by molar-refractivity contribution is 7.80. The van der Waals surface area contributed by atoms with Crippen molar-refractivity contribution in [2.45, 2.75) is 33.2 Å². The lowest BCUT2D eigenvalue weighted by Gasteiger charge is -2.35. The van der Waals surface area contributed by atoms with Crippen LogP contribution in [-0.4, -0.2) is 22.1 Å². The number of thiocarbonyl (C=S) groups is 1. The van der Waals surface area contributed by atoms with Crippen LogP contribution >= 0.6 is 12.2 Å². The molecule has 1 aromatic rings. The fraction of sp³-hybridized carbons (Fsp3) is 0.375. The Morgan fingerprint density at radius 2 is 2.00 bits per heavy atom. The molecule has 2 N–H and O–H groups in total. The highest BCUT2D eigenvalue weighted by Crippen LogP contribution is 2.34. The van der Waals surface area contributed by atoms with Crippen molar-refractivity contribution in [1.29, 1.82) is 0 Å². The maximum Gasteiger partial charge on any atom is 0.331 e. The quantitative estimate of drug-likeness (QED) is 0.662. The van der Waals surface area contributed by atoms with E-state index in [2.05, 4.69) is 19.2 Å². The summed E-state index contributed by atoms with van der Waals surface area (Å²) in [6, 6.07) is 7.70. The van der Waals surface area contributed by atoms with E-state index in [0.29, 0.717) is 16.5 Å². The van der Waals surface area contributed by atoms with Crippen molar-refractivity contribution in [3.8, 4) is 0 Å². The van der Waals surface area contributed by atoms with Crippen molar-refractivity contribution in [2.75, 3.05) is 0 Å². The predicted molar refractivity (Wildman–Crippen MR) is 84.8 cm³/mol. The number of carbonyl (C=O) groups is 1. The molecule has 1 aliphatic heterocycles. The standard InChI is InChI=1S/C16H19NO2S/c1-4-9(2)14-13(10(3)16(18)19)11-7-5-6-8-12(11)15(20)17-14/h5-9,14H,4H2,1-3H3,(H,17,20)(H,18,19). The Morgan fingerprint density at radius 1 is 1.40 bits per heavy atom. The number of hydrogen-bond acceptors (Lipinski definition) is 2. The number of rotatable bonds is 3. The largest absolute Gasteiger partial charge is 0.478 e. The first kappa shape index (κ1) is 14.7. The Kier molecular flexibility index (Phi) is 4.23. The molecule has 1 aliphatic rings. The fourth-order valence-corrected chi connectivity index (χ4v) is 2.89. The van der Waals surface area contributed by atoms with Gasteiger partial charge < -0.3 is 10.4 Å². The molecule has 1 heterocycles. The summed E-state index contributed by atoms with van der Waals surface area (Å²) in [5.74, 6) is -0.566. The molecule has 4 heteroatoms. The molecule has 0 spiro atoms. The van der Waals surface area contributed by atoms with Gasteiger partial charge in [-0.1, -0.05) is 56.8 Å². The molecule has 0 aromatic heterocycles. The molecule has 3 nitrogen and oxygen atoms in total. The molecule has 0 saturated heterocycles. The van der Waals surface area contributed by atoms with Crippen LogP contribution in [0, 0.1) is 5.92 Å². The van der Waals surface area contributed by atoms with Gasteiger partial charge in [-0.05, 0) is 24.0 Å². The molecule has 2 unspecified atom stereocenters. The van der Waals surface area contributed by atoms with E-state index in [1.54, 1.807) is 6.92 Å². The SMILES string of the molecule is CCC(C)C1NC(=S)c2ccccc2C1=C(C)C(=O)O. The number of hydrogen-bond donors (Lipinski definition) is 2. The molecular weight excluding hydrogens is 270 g/mol. The molecule has 0 fully saturated rings. The van der Waals surface area contributed by atoms with Crippen molar-refractivity contribution in [3.63, 3.8) is 0 Å². The minimum absolute atomic E-state index is 0.0431. The Labute approximate surface area is 124 Å². The van der Waals surface area contributed by atoms with Gasteiger partial charge in [0.05, 0.1) is 6.04 Å². The number of benzene rings is 1. The van der Waals surface area contributed by atoms with Crippen molar-refractivity contribution >= 4 is 28.7 Å². The van der Waals surface area contributed by atoms with Gasteiger partial charge in [-0.25, -0.2) is 4.79 Å². The van der Waals surface area contributed by atoms with Crippen LogP contribution in [0.15, 0.2) is 29.8 Å². The first-order valence-corrected chi connectivity index (χ1v) is 7.22. The molecule has 2 atom stereocenters. The zero-order chi connectivity index (χ0) is 14.9. The summed E-state index contributed by atoms with van der Waals surface area (Å²) >= 11 is 5.43. The van der Waals surface area contributed by atoms with E-state index < -0.39 is 5.97 Å². The summed E-state index contributed by atoms with van der Waals surface area (Å²) < 4.78 is 0. The lowest BCUT2D eigenvalue weighted by atomic mass is 9.81. The first-order valence-electron chi connectivity index (χ1n) is 6.81. The Bertz CT molecular complexity index is 592. The molecule has 1 aromatic carbocycles. The van der Waals surface area contributed by atoms with Gasteiger partial charge in [0.25, 0.3) is 0 Å². The van der Waals surface area contributed by atoms with Gasteiger partial charge in [-0.3, -0.25) is 0 Å². The van der Waals surface area contributed by atoms with Crippen LogP contribution < -0.4 is 5.32 Å². The first-order chi connectivity index (χ1) is 9.47. The predicted octanol–water partition coefficient (Wildman–Crippen LogP) is 3.24. The highest BCUT2D eigenvalue weighted by atomic mass is 32.1. The van der Waals surface area contributed by atoms with E-state index >= 15 is 0 Å². The van der Waals surface area contributed by atoms with Gasteiger partial charge in [0.1, 0.15) is 4.99 Å². The van der Waals surface area contributed by atoms with Gasteiger partial charge in [0.2, 0.25) is 0 Å². The second-order valence-electron chi connectivity index (χ2n) is 5.23. The molecule has 20 heavy (non-hydrogen) atoms. The number of fused-ring (bicyclic) bond motifs is 1. The second kappa shape index (κ2) is 5.75. The van der Waals surface area contributed by atoms with Crippen LogP contribution in [0.2, 0.25) is 0 Å². The van der Waals surface area contributed by atoms with E-state index in [-0.39, 0.29) is 6.04 Å². The molecule has 0 aliphatic carbocycles. The summed E-state index contributed by atoms with van der Waals surface area (Å²) in [5.41, 5.74) is 3.10. The summed E-state index contributed by atoms with van der Waals surface area (Å²) in [6.07, 6.45) is 0.957. The van der Waals surface area contributed by atoms with E-state index in [0.717, 1.165) is 23.1 Å². The van der Waals surface area contributed by atoms with Gasteiger partial charge >= 0.3 is 5.97 Å². The summed E-state index contributed by atoms with van der Waals surface area (Å²) in [7, 11) is 0. The third-order valence-corrected chi connectivity index (χ3v) is 4.34. The normalized spacial score (nSPS) is 21.8. The van der Waals surface area contributed by atoms with Crippen LogP contribution in [0.4, 0.5) is 0 Å². The molecule has 0 bridgehead atoms. The maximum absolute atomic E-state index is 11.4.